The van der Waals surface area contributed by atoms with Gasteiger partial charge in [-0.2, -0.15) is 0 Å². The van der Waals surface area contributed by atoms with E-state index in [-0.39, 0.29) is 29.6 Å². The van der Waals surface area contributed by atoms with E-state index in [9.17, 15) is 19.8 Å². The van der Waals surface area contributed by atoms with Crippen molar-refractivity contribution in [3.63, 3.8) is 0 Å². The van der Waals surface area contributed by atoms with Gasteiger partial charge in [-0.1, -0.05) is 63.5 Å². The fraction of sp³-hybridized carbons (Fsp3) is 0.538. The van der Waals surface area contributed by atoms with Crippen LogP contribution in [0.2, 0.25) is 0 Å². The molecule has 3 atom stereocenters. The second kappa shape index (κ2) is 13.7. The van der Waals surface area contributed by atoms with Gasteiger partial charge in [0, 0.05) is 19.3 Å². The van der Waals surface area contributed by atoms with Gasteiger partial charge in [0.05, 0.1) is 6.10 Å². The lowest BCUT2D eigenvalue weighted by Crippen LogP contribution is -2.28. The summed E-state index contributed by atoms with van der Waals surface area (Å²) in [6, 6.07) is 4.98. The molecule has 1 heterocycles. The minimum Gasteiger partial charge on any atom is -0.507 e. The number of carbonyl (C=O) groups is 2. The van der Waals surface area contributed by atoms with Crippen LogP contribution in [0.5, 0.6) is 5.75 Å². The standard InChI is InChI=1S/C26H37NO5/c1-3-4-5-6-16-24(30)27-17-10-14-21-18-23(29)19(2)11-7-8-12-20-13-9-15-22(28)25(20)26(31)32-21/h7-10,13,15,17,19,21,23,28-29H,3-6,11-12,14,16,18H2,1-2H3,(H,27,30)/b8-7+,17-10+/t19-,21-,23+/m0/s1. The summed E-state index contributed by atoms with van der Waals surface area (Å²) in [5, 5.41) is 23.6. The molecule has 0 radical (unpaired) electrons. The predicted octanol–water partition coefficient (Wildman–Crippen LogP) is 4.80. The number of nitrogens with one attached hydrogen (secondary N) is 1. The predicted molar refractivity (Wildman–Crippen MR) is 125 cm³/mol. The SMILES string of the molecule is CCCCCCC(=O)N/C=C/C[C@H]1C[C@@H](O)[C@@H](C)C/C=C/Cc2cccc(O)c2C(=O)O1. The number of rotatable bonds is 8. The first-order valence-corrected chi connectivity index (χ1v) is 11.7. The molecule has 176 valence electrons. The van der Waals surface area contributed by atoms with Gasteiger partial charge in [-0.05, 0) is 43.0 Å². The average Bonchev–Trinajstić information content (AvgIpc) is 2.76. The fourth-order valence-electron chi connectivity index (χ4n) is 3.73. The molecule has 0 saturated carbocycles. The lowest BCUT2D eigenvalue weighted by molar-refractivity contribution is -0.120. The molecule has 0 aromatic heterocycles. The number of amides is 1. The number of phenolic OH excluding ortho intramolecular Hbond substituents is 1. The van der Waals surface area contributed by atoms with Crippen LogP contribution in [0.1, 0.15) is 81.1 Å². The molecule has 3 N–H and O–H groups in total. The molecular weight excluding hydrogens is 406 g/mol. The summed E-state index contributed by atoms with van der Waals surface area (Å²) >= 11 is 0. The number of esters is 1. The summed E-state index contributed by atoms with van der Waals surface area (Å²) in [5.74, 6) is -0.739. The molecule has 1 amide bonds. The molecule has 0 aliphatic carbocycles. The van der Waals surface area contributed by atoms with Crippen LogP contribution in [0.15, 0.2) is 42.6 Å². The topological polar surface area (TPSA) is 95.9 Å². The molecule has 1 aliphatic rings. The first kappa shape index (κ1) is 25.7. The molecule has 32 heavy (non-hydrogen) atoms. The first-order valence-electron chi connectivity index (χ1n) is 11.7. The van der Waals surface area contributed by atoms with Gasteiger partial charge in [0.2, 0.25) is 5.91 Å². The normalized spacial score (nSPS) is 23.0. The number of unbranched alkanes of at least 4 members (excludes halogenated alkanes) is 3. The Balaban J connectivity index is 2.05. The Kier molecular flexibility index (Phi) is 11.0. The zero-order valence-corrected chi connectivity index (χ0v) is 19.3. The van der Waals surface area contributed by atoms with Crippen molar-refractivity contribution in [1.29, 1.82) is 0 Å². The third-order valence-corrected chi connectivity index (χ3v) is 5.80. The van der Waals surface area contributed by atoms with E-state index >= 15 is 0 Å². The van der Waals surface area contributed by atoms with E-state index in [0.717, 1.165) is 25.7 Å². The Morgan fingerprint density at radius 2 is 2.06 bits per heavy atom. The summed E-state index contributed by atoms with van der Waals surface area (Å²) in [6.07, 6.45) is 12.6. The van der Waals surface area contributed by atoms with Crippen molar-refractivity contribution in [3.05, 3.63) is 53.8 Å². The van der Waals surface area contributed by atoms with Crippen molar-refractivity contribution in [2.45, 2.75) is 83.8 Å². The highest BCUT2D eigenvalue weighted by molar-refractivity contribution is 5.94. The van der Waals surface area contributed by atoms with Crippen LogP contribution in [-0.2, 0) is 16.0 Å². The number of phenols is 1. The summed E-state index contributed by atoms with van der Waals surface area (Å²) in [6.45, 7) is 4.10. The molecular formula is C26H37NO5. The van der Waals surface area contributed by atoms with Crippen LogP contribution in [0.25, 0.3) is 0 Å². The van der Waals surface area contributed by atoms with E-state index in [2.05, 4.69) is 12.2 Å². The Hall–Kier alpha value is -2.60. The molecule has 2 rings (SSSR count). The summed E-state index contributed by atoms with van der Waals surface area (Å²) in [5.41, 5.74) is 0.860. The minimum atomic E-state index is -0.637. The second-order valence-corrected chi connectivity index (χ2v) is 8.55. The first-order chi connectivity index (χ1) is 15.4. The number of allylic oxidation sites excluding steroid dienone is 2. The zero-order valence-electron chi connectivity index (χ0n) is 19.3. The molecule has 0 spiro atoms. The Morgan fingerprint density at radius 1 is 1.25 bits per heavy atom. The Labute approximate surface area is 191 Å². The van der Waals surface area contributed by atoms with Crippen molar-refractivity contribution in [2.24, 2.45) is 5.92 Å². The molecule has 6 nitrogen and oxygen atoms in total. The number of cyclic esters (lactones) is 1. The van der Waals surface area contributed by atoms with Crippen LogP contribution in [0.4, 0.5) is 0 Å². The van der Waals surface area contributed by atoms with Gasteiger partial charge >= 0.3 is 5.97 Å². The Morgan fingerprint density at radius 3 is 2.84 bits per heavy atom. The monoisotopic (exact) mass is 443 g/mol. The summed E-state index contributed by atoms with van der Waals surface area (Å²) in [4.78, 5) is 24.8. The van der Waals surface area contributed by atoms with E-state index in [1.165, 1.54) is 6.07 Å². The van der Waals surface area contributed by atoms with Crippen molar-refractivity contribution in [2.75, 3.05) is 0 Å². The van der Waals surface area contributed by atoms with Crippen molar-refractivity contribution in [1.82, 2.24) is 5.32 Å². The van der Waals surface area contributed by atoms with E-state index in [1.54, 1.807) is 24.4 Å². The van der Waals surface area contributed by atoms with E-state index in [0.29, 0.717) is 31.2 Å². The average molecular weight is 444 g/mol. The molecule has 0 saturated heterocycles. The van der Waals surface area contributed by atoms with E-state index in [4.69, 9.17) is 4.74 Å². The summed E-state index contributed by atoms with van der Waals surface area (Å²) in [7, 11) is 0. The number of aliphatic hydroxyl groups excluding tert-OH is 1. The molecule has 0 fully saturated rings. The highest BCUT2D eigenvalue weighted by Crippen LogP contribution is 2.26. The smallest absolute Gasteiger partial charge is 0.342 e. The van der Waals surface area contributed by atoms with E-state index < -0.39 is 18.2 Å². The van der Waals surface area contributed by atoms with Gasteiger partial charge in [0.15, 0.2) is 0 Å². The van der Waals surface area contributed by atoms with Crippen LogP contribution >= 0.6 is 0 Å². The summed E-state index contributed by atoms with van der Waals surface area (Å²) < 4.78 is 5.70. The number of carbonyl (C=O) groups excluding carboxylic acids is 2. The van der Waals surface area contributed by atoms with Crippen LogP contribution < -0.4 is 5.32 Å². The molecule has 6 heteroatoms. The van der Waals surface area contributed by atoms with Gasteiger partial charge < -0.3 is 20.3 Å². The number of fused-ring (bicyclic) bond motifs is 1. The molecule has 0 unspecified atom stereocenters. The highest BCUT2D eigenvalue weighted by atomic mass is 16.5. The maximum absolute atomic E-state index is 12.9. The second-order valence-electron chi connectivity index (χ2n) is 8.55. The fourth-order valence-corrected chi connectivity index (χ4v) is 3.73. The number of ether oxygens (including phenoxy) is 1. The van der Waals surface area contributed by atoms with Crippen molar-refractivity contribution in [3.8, 4) is 5.75 Å². The minimum absolute atomic E-state index is 0.0160. The van der Waals surface area contributed by atoms with Crippen LogP contribution in [0, 0.1) is 5.92 Å². The van der Waals surface area contributed by atoms with Crippen LogP contribution in [-0.4, -0.2) is 34.3 Å². The number of hydrogen-bond donors (Lipinski definition) is 3. The van der Waals surface area contributed by atoms with Gasteiger partial charge in [0.1, 0.15) is 17.4 Å². The molecule has 1 aromatic rings. The Bertz CT molecular complexity index is 801. The molecule has 0 bridgehead atoms. The number of hydrogen-bond acceptors (Lipinski definition) is 5. The van der Waals surface area contributed by atoms with Gasteiger partial charge in [-0.25, -0.2) is 4.79 Å². The third kappa shape index (κ3) is 8.50. The number of aliphatic hydroxyl groups is 1. The number of aromatic hydroxyl groups is 1. The number of benzene rings is 1. The van der Waals surface area contributed by atoms with Crippen LogP contribution in [0.3, 0.4) is 0 Å². The van der Waals surface area contributed by atoms with Crippen molar-refractivity contribution >= 4 is 11.9 Å². The lowest BCUT2D eigenvalue weighted by Gasteiger charge is -2.24. The van der Waals surface area contributed by atoms with Gasteiger partial charge in [-0.3, -0.25) is 4.79 Å². The third-order valence-electron chi connectivity index (χ3n) is 5.80. The van der Waals surface area contributed by atoms with E-state index in [1.807, 2.05) is 19.1 Å². The maximum Gasteiger partial charge on any atom is 0.342 e. The quantitative estimate of drug-likeness (QED) is 0.305. The lowest BCUT2D eigenvalue weighted by atomic mass is 9.93. The van der Waals surface area contributed by atoms with Crippen molar-refractivity contribution < 1.29 is 24.5 Å². The van der Waals surface area contributed by atoms with Gasteiger partial charge in [0.25, 0.3) is 0 Å². The maximum atomic E-state index is 12.9. The highest BCUT2D eigenvalue weighted by Gasteiger charge is 2.25. The zero-order chi connectivity index (χ0) is 23.3. The molecule has 1 aliphatic heterocycles. The van der Waals surface area contributed by atoms with Gasteiger partial charge in [-0.15, -0.1) is 0 Å². The largest absolute Gasteiger partial charge is 0.507 e. The molecule has 1 aromatic carbocycles.